The molecule has 0 bridgehead atoms. The first-order valence-electron chi connectivity index (χ1n) is 3.66. The van der Waals surface area contributed by atoms with Gasteiger partial charge < -0.3 is 0 Å². The monoisotopic (exact) mass is 169 g/mol. The predicted molar refractivity (Wildman–Crippen MR) is 38.7 cm³/mol. The number of hydrogen-bond donors (Lipinski definition) is 0. The van der Waals surface area contributed by atoms with E-state index in [-0.39, 0.29) is 19.1 Å². The Labute approximate surface area is 65.2 Å². The molecule has 68 valence electrons. The van der Waals surface area contributed by atoms with Crippen molar-refractivity contribution in [3.8, 4) is 0 Å². The van der Waals surface area contributed by atoms with Crippen molar-refractivity contribution in [1.82, 2.24) is 4.90 Å². The van der Waals surface area contributed by atoms with Crippen LogP contribution in [0.1, 0.15) is 13.8 Å². The van der Waals surface area contributed by atoms with E-state index in [1.165, 1.54) is 4.90 Å². The summed E-state index contributed by atoms with van der Waals surface area (Å²) < 4.78 is 35.4. The standard InChI is InChI=1S/C7H14F3N/c1-6(2)11(4-3-8)5-7(9)10/h6-7H,3-5H2,1-2H3. The summed E-state index contributed by atoms with van der Waals surface area (Å²) in [6.07, 6.45) is -2.37. The minimum Gasteiger partial charge on any atom is -0.293 e. The van der Waals surface area contributed by atoms with Crippen molar-refractivity contribution in [1.29, 1.82) is 0 Å². The molecular weight excluding hydrogens is 155 g/mol. The molecule has 0 aliphatic heterocycles. The fourth-order valence-corrected chi connectivity index (χ4v) is 0.846. The molecule has 0 N–H and O–H groups in total. The largest absolute Gasteiger partial charge is 0.293 e. The average molecular weight is 169 g/mol. The van der Waals surface area contributed by atoms with E-state index in [0.29, 0.717) is 0 Å². The van der Waals surface area contributed by atoms with Crippen LogP contribution in [0, 0.1) is 0 Å². The molecule has 0 fully saturated rings. The van der Waals surface area contributed by atoms with Gasteiger partial charge in [-0.1, -0.05) is 0 Å². The summed E-state index contributed by atoms with van der Waals surface area (Å²) in [5.74, 6) is 0. The van der Waals surface area contributed by atoms with Gasteiger partial charge in [0.25, 0.3) is 6.43 Å². The Balaban J connectivity index is 3.69. The highest BCUT2D eigenvalue weighted by molar-refractivity contribution is 4.62. The number of alkyl halides is 3. The second-order valence-corrected chi connectivity index (χ2v) is 2.67. The molecule has 0 aliphatic rings. The highest BCUT2D eigenvalue weighted by Gasteiger charge is 2.13. The summed E-state index contributed by atoms with van der Waals surface area (Å²) >= 11 is 0. The molecule has 0 heterocycles. The van der Waals surface area contributed by atoms with Gasteiger partial charge in [0, 0.05) is 12.6 Å². The van der Waals surface area contributed by atoms with Crippen LogP contribution >= 0.6 is 0 Å². The lowest BCUT2D eigenvalue weighted by Gasteiger charge is -2.24. The maximum absolute atomic E-state index is 11.8. The summed E-state index contributed by atoms with van der Waals surface area (Å²) in [7, 11) is 0. The lowest BCUT2D eigenvalue weighted by atomic mass is 10.3. The zero-order chi connectivity index (χ0) is 8.85. The third-order valence-corrected chi connectivity index (χ3v) is 1.47. The summed E-state index contributed by atoms with van der Waals surface area (Å²) in [6, 6.07) is -0.0141. The van der Waals surface area contributed by atoms with Crippen molar-refractivity contribution >= 4 is 0 Å². The molecule has 4 heteroatoms. The fraction of sp³-hybridized carbons (Fsp3) is 1.00. The first-order chi connectivity index (χ1) is 5.07. The maximum Gasteiger partial charge on any atom is 0.251 e. The Morgan fingerprint density at radius 3 is 2.09 bits per heavy atom. The molecule has 11 heavy (non-hydrogen) atoms. The second-order valence-electron chi connectivity index (χ2n) is 2.67. The molecule has 0 atom stereocenters. The van der Waals surface area contributed by atoms with Gasteiger partial charge in [-0.25, -0.2) is 13.2 Å². The normalized spacial score (nSPS) is 12.0. The van der Waals surface area contributed by atoms with Crippen LogP contribution in [0.15, 0.2) is 0 Å². The van der Waals surface area contributed by atoms with Crippen LogP contribution in [-0.4, -0.2) is 37.1 Å². The van der Waals surface area contributed by atoms with E-state index in [1.807, 2.05) is 0 Å². The predicted octanol–water partition coefficient (Wildman–Crippen LogP) is 1.93. The molecule has 0 spiro atoms. The topological polar surface area (TPSA) is 3.24 Å². The zero-order valence-corrected chi connectivity index (χ0v) is 6.86. The van der Waals surface area contributed by atoms with Gasteiger partial charge in [-0.15, -0.1) is 0 Å². The van der Waals surface area contributed by atoms with Gasteiger partial charge in [-0.2, -0.15) is 0 Å². The van der Waals surface area contributed by atoms with Crippen LogP contribution in [0.25, 0.3) is 0 Å². The summed E-state index contributed by atoms with van der Waals surface area (Å²) in [5, 5.41) is 0. The first-order valence-corrected chi connectivity index (χ1v) is 3.66. The van der Waals surface area contributed by atoms with E-state index in [9.17, 15) is 13.2 Å². The first kappa shape index (κ1) is 10.8. The Hall–Kier alpha value is -0.250. The van der Waals surface area contributed by atoms with Crippen LogP contribution in [0.5, 0.6) is 0 Å². The van der Waals surface area contributed by atoms with Gasteiger partial charge in [0.2, 0.25) is 0 Å². The van der Waals surface area contributed by atoms with E-state index in [0.717, 1.165) is 0 Å². The molecule has 0 unspecified atom stereocenters. The number of nitrogens with zero attached hydrogens (tertiary/aromatic N) is 1. The molecule has 0 aromatic rings. The van der Waals surface area contributed by atoms with Crippen molar-refractivity contribution < 1.29 is 13.2 Å². The Morgan fingerprint density at radius 2 is 1.82 bits per heavy atom. The Bertz CT molecular complexity index is 95.7. The van der Waals surface area contributed by atoms with Crippen molar-refractivity contribution in [2.75, 3.05) is 19.8 Å². The van der Waals surface area contributed by atoms with E-state index in [4.69, 9.17) is 0 Å². The van der Waals surface area contributed by atoms with Crippen molar-refractivity contribution in [3.05, 3.63) is 0 Å². The van der Waals surface area contributed by atoms with E-state index in [2.05, 4.69) is 0 Å². The molecule has 0 radical (unpaired) electrons. The van der Waals surface area contributed by atoms with Crippen LogP contribution < -0.4 is 0 Å². The molecule has 0 aliphatic carbocycles. The van der Waals surface area contributed by atoms with E-state index < -0.39 is 13.1 Å². The van der Waals surface area contributed by atoms with E-state index in [1.54, 1.807) is 13.8 Å². The third-order valence-electron chi connectivity index (χ3n) is 1.47. The van der Waals surface area contributed by atoms with Gasteiger partial charge >= 0.3 is 0 Å². The smallest absolute Gasteiger partial charge is 0.251 e. The molecule has 0 saturated heterocycles. The molecule has 0 rings (SSSR count). The zero-order valence-electron chi connectivity index (χ0n) is 6.86. The average Bonchev–Trinajstić information content (AvgIpc) is 1.86. The lowest BCUT2D eigenvalue weighted by molar-refractivity contribution is 0.0697. The molecule has 0 amide bonds. The van der Waals surface area contributed by atoms with Gasteiger partial charge in [-0.05, 0) is 13.8 Å². The SMILES string of the molecule is CC(C)N(CCF)CC(F)F. The number of halogens is 3. The van der Waals surface area contributed by atoms with Crippen molar-refractivity contribution in [2.24, 2.45) is 0 Å². The van der Waals surface area contributed by atoms with Crippen LogP contribution in [-0.2, 0) is 0 Å². The summed E-state index contributed by atoms with van der Waals surface area (Å²) in [4.78, 5) is 1.42. The van der Waals surface area contributed by atoms with Gasteiger partial charge in [0.05, 0.1) is 6.54 Å². The molecule has 0 saturated carbocycles. The summed E-state index contributed by atoms with van der Waals surface area (Å²) in [5.41, 5.74) is 0. The minimum atomic E-state index is -2.37. The van der Waals surface area contributed by atoms with Crippen molar-refractivity contribution in [3.63, 3.8) is 0 Å². The molecule has 1 nitrogen and oxygen atoms in total. The highest BCUT2D eigenvalue weighted by Crippen LogP contribution is 2.02. The fourth-order valence-electron chi connectivity index (χ4n) is 0.846. The van der Waals surface area contributed by atoms with Gasteiger partial charge in [-0.3, -0.25) is 4.90 Å². The molecular formula is C7H14F3N. The van der Waals surface area contributed by atoms with Gasteiger partial charge in [0.1, 0.15) is 6.67 Å². The van der Waals surface area contributed by atoms with Crippen LogP contribution in [0.4, 0.5) is 13.2 Å². The molecule has 0 aromatic heterocycles. The number of hydrogen-bond acceptors (Lipinski definition) is 1. The van der Waals surface area contributed by atoms with Crippen molar-refractivity contribution in [2.45, 2.75) is 26.3 Å². The highest BCUT2D eigenvalue weighted by atomic mass is 19.3. The quantitative estimate of drug-likeness (QED) is 0.607. The number of rotatable bonds is 5. The second kappa shape index (κ2) is 5.41. The minimum absolute atomic E-state index is 0.0141. The van der Waals surface area contributed by atoms with Gasteiger partial charge in [0.15, 0.2) is 0 Å². The van der Waals surface area contributed by atoms with Crippen LogP contribution in [0.3, 0.4) is 0 Å². The van der Waals surface area contributed by atoms with E-state index >= 15 is 0 Å². The lowest BCUT2D eigenvalue weighted by Crippen LogP contribution is -2.36. The Kier molecular flexibility index (Phi) is 5.28. The third kappa shape index (κ3) is 5.07. The van der Waals surface area contributed by atoms with Crippen LogP contribution in [0.2, 0.25) is 0 Å². The maximum atomic E-state index is 11.8. The summed E-state index contributed by atoms with van der Waals surface area (Å²) in [6.45, 7) is 2.75. The molecule has 0 aromatic carbocycles. The Morgan fingerprint density at radius 1 is 1.27 bits per heavy atom.